The summed E-state index contributed by atoms with van der Waals surface area (Å²) in [5, 5.41) is 5.54. The van der Waals surface area contributed by atoms with Gasteiger partial charge in [0, 0.05) is 26.0 Å². The Kier molecular flexibility index (Phi) is 7.32. The van der Waals surface area contributed by atoms with Gasteiger partial charge in [-0.3, -0.25) is 19.0 Å². The average molecular weight is 459 g/mol. The van der Waals surface area contributed by atoms with Crippen LogP contribution in [0.1, 0.15) is 12.1 Å². The number of halogens is 1. The molecule has 0 unspecified atom stereocenters. The van der Waals surface area contributed by atoms with Crippen LogP contribution in [-0.2, 0) is 22.6 Å². The molecule has 3 rings (SSSR count). The van der Waals surface area contributed by atoms with E-state index in [1.165, 1.54) is 31.9 Å². The van der Waals surface area contributed by atoms with Gasteiger partial charge in [0.15, 0.2) is 0 Å². The van der Waals surface area contributed by atoms with Crippen molar-refractivity contribution in [3.63, 3.8) is 0 Å². The van der Waals surface area contributed by atoms with Crippen LogP contribution < -0.4 is 25.7 Å². The third-order valence-electron chi connectivity index (χ3n) is 4.84. The van der Waals surface area contributed by atoms with E-state index in [0.717, 1.165) is 0 Å². The molecule has 0 aliphatic carbocycles. The molecule has 0 aliphatic rings. The number of amides is 2. The van der Waals surface area contributed by atoms with E-state index in [1.807, 2.05) is 0 Å². The van der Waals surface area contributed by atoms with Crippen molar-refractivity contribution in [1.29, 1.82) is 0 Å². The van der Waals surface area contributed by atoms with E-state index in [4.69, 9.17) is 21.1 Å². The number of nitrogens with zero attached hydrogens (tertiary/aromatic N) is 2. The lowest BCUT2D eigenvalue weighted by Crippen LogP contribution is -2.31. The summed E-state index contributed by atoms with van der Waals surface area (Å²) in [6.45, 7) is -0.262. The van der Waals surface area contributed by atoms with E-state index in [1.54, 1.807) is 30.3 Å². The number of benzene rings is 2. The number of carbonyl (C=O) groups excluding carboxylic acids is 2. The van der Waals surface area contributed by atoms with Gasteiger partial charge in [-0.25, -0.2) is 4.98 Å². The molecule has 0 saturated heterocycles. The first-order chi connectivity index (χ1) is 15.4. The summed E-state index contributed by atoms with van der Waals surface area (Å²) in [6.07, 6.45) is 0.275. The van der Waals surface area contributed by atoms with Crippen molar-refractivity contribution in [3.8, 4) is 11.5 Å². The smallest absolute Gasteiger partial charge is 0.273 e. The van der Waals surface area contributed by atoms with Gasteiger partial charge in [-0.2, -0.15) is 0 Å². The second-order valence-corrected chi connectivity index (χ2v) is 7.25. The fourth-order valence-electron chi connectivity index (χ4n) is 3.21. The molecule has 0 radical (unpaired) electrons. The Bertz CT molecular complexity index is 1220. The van der Waals surface area contributed by atoms with Crippen LogP contribution in [0.2, 0.25) is 5.02 Å². The van der Waals surface area contributed by atoms with Crippen LogP contribution in [0, 0.1) is 0 Å². The van der Waals surface area contributed by atoms with Crippen LogP contribution in [0.4, 0.5) is 5.69 Å². The van der Waals surface area contributed by atoms with Gasteiger partial charge >= 0.3 is 0 Å². The van der Waals surface area contributed by atoms with Crippen LogP contribution in [0.5, 0.6) is 11.5 Å². The number of hydrogen-bond acceptors (Lipinski definition) is 6. The topological polar surface area (TPSA) is 112 Å². The zero-order valence-electron chi connectivity index (χ0n) is 17.9. The van der Waals surface area contributed by atoms with Gasteiger partial charge in [0.25, 0.3) is 5.56 Å². The third-order valence-corrected chi connectivity index (χ3v) is 5.13. The molecule has 0 bridgehead atoms. The lowest BCUT2D eigenvalue weighted by atomic mass is 10.2. The van der Waals surface area contributed by atoms with Crippen molar-refractivity contribution >= 4 is 40.1 Å². The number of hydrogen-bond donors (Lipinski definition) is 2. The zero-order valence-corrected chi connectivity index (χ0v) is 18.7. The largest absolute Gasteiger partial charge is 0.495 e. The van der Waals surface area contributed by atoms with Gasteiger partial charge in [0.2, 0.25) is 11.8 Å². The number of nitrogens with one attached hydrogen (secondary N) is 2. The standard InChI is InChI=1S/C22H23ClN4O5/c1-24-20(28)9-8-15-22(30)27(17-7-5-4-6-14(17)25-15)12-21(29)26-16-10-13(23)18(31-2)11-19(16)32-3/h4-7,10-11H,8-9,12H2,1-3H3,(H,24,28)(H,26,29). The number of carbonyl (C=O) groups is 2. The number of para-hydroxylation sites is 2. The first-order valence-corrected chi connectivity index (χ1v) is 10.2. The van der Waals surface area contributed by atoms with Crippen molar-refractivity contribution in [2.45, 2.75) is 19.4 Å². The summed E-state index contributed by atoms with van der Waals surface area (Å²) in [7, 11) is 4.46. The molecule has 0 fully saturated rings. The van der Waals surface area contributed by atoms with E-state index in [9.17, 15) is 14.4 Å². The Morgan fingerprint density at radius 2 is 1.81 bits per heavy atom. The third kappa shape index (κ3) is 5.00. The molecule has 2 amide bonds. The highest BCUT2D eigenvalue weighted by atomic mass is 35.5. The van der Waals surface area contributed by atoms with Crippen LogP contribution >= 0.6 is 11.6 Å². The molecular weight excluding hydrogens is 436 g/mol. The molecule has 2 aromatic carbocycles. The molecular formula is C22H23ClN4O5. The molecule has 0 spiro atoms. The van der Waals surface area contributed by atoms with Crippen LogP contribution in [0.3, 0.4) is 0 Å². The summed E-state index contributed by atoms with van der Waals surface area (Å²) >= 11 is 6.17. The maximum absolute atomic E-state index is 13.1. The van der Waals surface area contributed by atoms with E-state index in [-0.39, 0.29) is 31.0 Å². The monoisotopic (exact) mass is 458 g/mol. The minimum Gasteiger partial charge on any atom is -0.495 e. The first kappa shape index (κ1) is 23.1. The van der Waals surface area contributed by atoms with Crippen LogP contribution in [0.25, 0.3) is 11.0 Å². The summed E-state index contributed by atoms with van der Waals surface area (Å²) in [4.78, 5) is 41.9. The number of aryl methyl sites for hydroxylation is 1. The second kappa shape index (κ2) is 10.1. The Labute approximate surface area is 189 Å². The molecule has 1 heterocycles. The van der Waals surface area contributed by atoms with Gasteiger partial charge in [0.1, 0.15) is 23.7 Å². The Morgan fingerprint density at radius 1 is 1.09 bits per heavy atom. The average Bonchev–Trinajstić information content (AvgIpc) is 2.79. The second-order valence-electron chi connectivity index (χ2n) is 6.85. The first-order valence-electron chi connectivity index (χ1n) is 9.78. The van der Waals surface area contributed by atoms with Gasteiger partial charge in [-0.05, 0) is 18.2 Å². The Morgan fingerprint density at radius 3 is 2.50 bits per heavy atom. The highest BCUT2D eigenvalue weighted by Gasteiger charge is 2.17. The zero-order chi connectivity index (χ0) is 23.3. The fourth-order valence-corrected chi connectivity index (χ4v) is 3.45. The van der Waals surface area contributed by atoms with Crippen molar-refractivity contribution in [3.05, 3.63) is 57.5 Å². The number of ether oxygens (including phenoxy) is 2. The highest BCUT2D eigenvalue weighted by molar-refractivity contribution is 6.32. The molecule has 168 valence electrons. The summed E-state index contributed by atoms with van der Waals surface area (Å²) in [5.41, 5.74) is 1.19. The number of rotatable bonds is 8. The minimum absolute atomic E-state index is 0.116. The van der Waals surface area contributed by atoms with E-state index < -0.39 is 11.5 Å². The lowest BCUT2D eigenvalue weighted by molar-refractivity contribution is -0.120. The van der Waals surface area contributed by atoms with Crippen LogP contribution in [-0.4, -0.2) is 42.6 Å². The lowest BCUT2D eigenvalue weighted by Gasteiger charge is -2.15. The molecule has 32 heavy (non-hydrogen) atoms. The van der Waals surface area contributed by atoms with Gasteiger partial charge in [-0.1, -0.05) is 23.7 Å². The van der Waals surface area contributed by atoms with Crippen molar-refractivity contribution < 1.29 is 19.1 Å². The summed E-state index contributed by atoms with van der Waals surface area (Å²) < 4.78 is 11.8. The Balaban J connectivity index is 1.93. The fraction of sp³-hybridized carbons (Fsp3) is 0.273. The van der Waals surface area contributed by atoms with Crippen molar-refractivity contribution in [2.75, 3.05) is 26.6 Å². The quantitative estimate of drug-likeness (QED) is 0.536. The molecule has 2 N–H and O–H groups in total. The van der Waals surface area contributed by atoms with Crippen LogP contribution in [0.15, 0.2) is 41.2 Å². The maximum Gasteiger partial charge on any atom is 0.273 e. The van der Waals surface area contributed by atoms with Gasteiger partial charge in [0.05, 0.1) is 36.0 Å². The number of aromatic nitrogens is 2. The summed E-state index contributed by atoms with van der Waals surface area (Å²) in [5.74, 6) is 0.101. The molecule has 10 heteroatoms. The normalized spacial score (nSPS) is 10.6. The molecule has 3 aromatic rings. The number of anilines is 1. The molecule has 1 aromatic heterocycles. The van der Waals surface area contributed by atoms with Gasteiger partial charge < -0.3 is 20.1 Å². The molecule has 0 aliphatic heterocycles. The van der Waals surface area contributed by atoms with E-state index in [2.05, 4.69) is 15.6 Å². The van der Waals surface area contributed by atoms with Crippen molar-refractivity contribution in [1.82, 2.24) is 14.9 Å². The predicted molar refractivity (Wildman–Crippen MR) is 122 cm³/mol. The summed E-state index contributed by atoms with van der Waals surface area (Å²) in [6, 6.07) is 10.1. The number of methoxy groups -OCH3 is 2. The van der Waals surface area contributed by atoms with E-state index in [0.29, 0.717) is 33.2 Å². The van der Waals surface area contributed by atoms with E-state index >= 15 is 0 Å². The predicted octanol–water partition coefficient (Wildman–Crippen LogP) is 2.38. The SMILES string of the molecule is CNC(=O)CCc1nc2ccccc2n(CC(=O)Nc2cc(Cl)c(OC)cc2OC)c1=O. The van der Waals surface area contributed by atoms with Crippen molar-refractivity contribution in [2.24, 2.45) is 0 Å². The molecule has 0 atom stereocenters. The highest BCUT2D eigenvalue weighted by Crippen LogP contribution is 2.35. The molecule has 9 nitrogen and oxygen atoms in total. The molecule has 0 saturated carbocycles. The van der Waals surface area contributed by atoms with Gasteiger partial charge in [-0.15, -0.1) is 0 Å². The number of fused-ring (bicyclic) bond motifs is 1. The Hall–Kier alpha value is -3.59. The minimum atomic E-state index is -0.458. The maximum atomic E-state index is 13.1.